The van der Waals surface area contributed by atoms with Crippen LogP contribution in [0.2, 0.25) is 10.0 Å². The van der Waals surface area contributed by atoms with Gasteiger partial charge in [0, 0.05) is 5.56 Å². The summed E-state index contributed by atoms with van der Waals surface area (Å²) in [5.74, 6) is 1.47. The fourth-order valence-electron chi connectivity index (χ4n) is 0.898. The Balaban J connectivity index is 2.96. The first-order valence-corrected chi connectivity index (χ1v) is 6.03. The third-order valence-corrected chi connectivity index (χ3v) is 3.32. The molecule has 1 unspecified atom stereocenters. The molecule has 2 nitrogen and oxygen atoms in total. The van der Waals surface area contributed by atoms with E-state index in [1.165, 1.54) is 5.80 Å². The maximum Gasteiger partial charge on any atom is 0.221 e. The molecule has 0 saturated heterocycles. The summed E-state index contributed by atoms with van der Waals surface area (Å²) in [6, 6.07) is 5.16. The Morgan fingerprint density at radius 1 is 1.50 bits per heavy atom. The van der Waals surface area contributed by atoms with Crippen molar-refractivity contribution in [2.45, 2.75) is 6.92 Å². The minimum atomic E-state index is -1.80. The van der Waals surface area contributed by atoms with Gasteiger partial charge >= 0.3 is 0 Å². The van der Waals surface area contributed by atoms with E-state index in [1.807, 2.05) is 0 Å². The Morgan fingerprint density at radius 2 is 2.21 bits per heavy atom. The first kappa shape index (κ1) is 12.0. The third kappa shape index (κ3) is 3.23. The number of benzene rings is 1. The molecule has 5 heteroatoms. The highest BCUT2D eigenvalue weighted by molar-refractivity contribution is 7.45. The Morgan fingerprint density at radius 3 is 2.86 bits per heavy atom. The summed E-state index contributed by atoms with van der Waals surface area (Å²) in [6.07, 6.45) is 0. The lowest BCUT2D eigenvalue weighted by atomic mass is 10.2. The molecule has 0 aliphatic heterocycles. The van der Waals surface area contributed by atoms with Crippen LogP contribution in [0.3, 0.4) is 0 Å². The highest BCUT2D eigenvalue weighted by atomic mass is 35.5. The summed E-state index contributed by atoms with van der Waals surface area (Å²) in [5, 5.41) is 0.845. The summed E-state index contributed by atoms with van der Waals surface area (Å²) in [4.78, 5) is 11.2. The predicted octanol–water partition coefficient (Wildman–Crippen LogP) is 2.85. The van der Waals surface area contributed by atoms with Gasteiger partial charge in [0.05, 0.1) is 16.7 Å². The SMILES string of the molecule is CCO/[P+]([O-])=C/c1cccc(Cl)c1Cl. The van der Waals surface area contributed by atoms with Crippen molar-refractivity contribution in [3.8, 4) is 0 Å². The Labute approximate surface area is 94.0 Å². The maximum absolute atomic E-state index is 11.2. The summed E-state index contributed by atoms with van der Waals surface area (Å²) >= 11 is 11.7. The molecule has 76 valence electrons. The molecular weight excluding hydrogens is 242 g/mol. The van der Waals surface area contributed by atoms with Crippen LogP contribution in [0.5, 0.6) is 0 Å². The molecule has 1 aromatic rings. The molecule has 0 radical (unpaired) electrons. The second-order valence-electron chi connectivity index (χ2n) is 2.48. The van der Waals surface area contributed by atoms with Gasteiger partial charge in [0.1, 0.15) is 5.80 Å². The van der Waals surface area contributed by atoms with Gasteiger partial charge in [-0.25, -0.2) is 0 Å². The summed E-state index contributed by atoms with van der Waals surface area (Å²) in [6.45, 7) is 2.19. The first-order chi connectivity index (χ1) is 6.65. The highest BCUT2D eigenvalue weighted by Crippen LogP contribution is 2.26. The van der Waals surface area contributed by atoms with Crippen molar-refractivity contribution in [3.63, 3.8) is 0 Å². The van der Waals surface area contributed by atoms with E-state index in [0.29, 0.717) is 22.2 Å². The molecular formula is C9H9Cl2O2P. The average molecular weight is 251 g/mol. The van der Waals surface area contributed by atoms with Gasteiger partial charge < -0.3 is 4.89 Å². The van der Waals surface area contributed by atoms with Crippen molar-refractivity contribution in [3.05, 3.63) is 33.8 Å². The minimum absolute atomic E-state index is 0.400. The summed E-state index contributed by atoms with van der Waals surface area (Å²) < 4.78 is 4.89. The molecule has 0 fully saturated rings. The van der Waals surface area contributed by atoms with Crippen molar-refractivity contribution in [1.29, 1.82) is 0 Å². The topological polar surface area (TPSA) is 32.3 Å². The highest BCUT2D eigenvalue weighted by Gasteiger charge is 2.05. The van der Waals surface area contributed by atoms with Crippen LogP contribution in [0.1, 0.15) is 12.5 Å². The summed E-state index contributed by atoms with van der Waals surface area (Å²) in [5.41, 5.74) is 0.633. The van der Waals surface area contributed by atoms with Gasteiger partial charge in [0.15, 0.2) is 0 Å². The molecule has 0 amide bonds. The van der Waals surface area contributed by atoms with Crippen LogP contribution < -0.4 is 4.89 Å². The van der Waals surface area contributed by atoms with E-state index in [2.05, 4.69) is 0 Å². The second-order valence-corrected chi connectivity index (χ2v) is 4.35. The standard InChI is InChI=1S/C9H9Cl2O2P/c1-2-13-14(12)6-7-4-3-5-8(10)9(7)11/h3-6H,2H2,1H3. The minimum Gasteiger partial charge on any atom is -0.603 e. The van der Waals surface area contributed by atoms with E-state index in [1.54, 1.807) is 25.1 Å². The first-order valence-electron chi connectivity index (χ1n) is 4.03. The van der Waals surface area contributed by atoms with Gasteiger partial charge in [-0.1, -0.05) is 29.3 Å². The number of hydrogen-bond donors (Lipinski definition) is 0. The monoisotopic (exact) mass is 250 g/mol. The maximum atomic E-state index is 11.2. The molecule has 0 aliphatic rings. The lowest BCUT2D eigenvalue weighted by Crippen LogP contribution is -1.95. The molecule has 1 aromatic carbocycles. The molecule has 0 N–H and O–H groups in total. The van der Waals surface area contributed by atoms with E-state index in [0.717, 1.165) is 0 Å². The van der Waals surface area contributed by atoms with Gasteiger partial charge in [-0.2, -0.15) is 4.52 Å². The molecule has 0 saturated carbocycles. The van der Waals surface area contributed by atoms with Crippen molar-refractivity contribution in [2.75, 3.05) is 6.61 Å². The molecule has 0 aliphatic carbocycles. The van der Waals surface area contributed by atoms with E-state index >= 15 is 0 Å². The zero-order chi connectivity index (χ0) is 10.6. The molecule has 0 spiro atoms. The van der Waals surface area contributed by atoms with Gasteiger partial charge in [0.2, 0.25) is 8.00 Å². The van der Waals surface area contributed by atoms with Crippen LogP contribution in [0.4, 0.5) is 0 Å². The zero-order valence-electron chi connectivity index (χ0n) is 7.54. The van der Waals surface area contributed by atoms with Crippen LogP contribution >= 0.6 is 31.2 Å². The van der Waals surface area contributed by atoms with E-state index < -0.39 is 8.00 Å². The van der Waals surface area contributed by atoms with E-state index in [-0.39, 0.29) is 0 Å². The summed E-state index contributed by atoms with van der Waals surface area (Å²) in [7, 11) is -1.80. The normalized spacial score (nSPS) is 11.9. The van der Waals surface area contributed by atoms with Crippen molar-refractivity contribution < 1.29 is 9.42 Å². The van der Waals surface area contributed by atoms with Gasteiger partial charge in [0.25, 0.3) is 0 Å². The molecule has 14 heavy (non-hydrogen) atoms. The van der Waals surface area contributed by atoms with Crippen molar-refractivity contribution in [2.24, 2.45) is 0 Å². The predicted molar refractivity (Wildman–Crippen MR) is 60.2 cm³/mol. The van der Waals surface area contributed by atoms with Crippen molar-refractivity contribution in [1.82, 2.24) is 0 Å². The van der Waals surface area contributed by atoms with Gasteiger partial charge in [-0.3, -0.25) is 0 Å². The van der Waals surface area contributed by atoms with Crippen LogP contribution in [0, 0.1) is 0 Å². The fourth-order valence-corrected chi connectivity index (χ4v) is 2.11. The molecule has 1 rings (SSSR count). The Bertz CT molecular complexity index is 353. The van der Waals surface area contributed by atoms with Crippen LogP contribution in [0.15, 0.2) is 18.2 Å². The lowest BCUT2D eigenvalue weighted by Gasteiger charge is -1.99. The molecule has 0 aromatic heterocycles. The number of hydrogen-bond acceptors (Lipinski definition) is 2. The number of halogens is 2. The van der Waals surface area contributed by atoms with E-state index in [9.17, 15) is 4.89 Å². The smallest absolute Gasteiger partial charge is 0.221 e. The number of rotatable bonds is 3. The Hall–Kier alpha value is -0.110. The Kier molecular flexibility index (Phi) is 4.86. The van der Waals surface area contributed by atoms with Crippen LogP contribution in [-0.2, 0) is 4.52 Å². The fraction of sp³-hybridized carbons (Fsp3) is 0.222. The van der Waals surface area contributed by atoms with Crippen LogP contribution in [-0.4, -0.2) is 12.4 Å². The molecule has 1 atom stereocenters. The molecule has 0 bridgehead atoms. The quantitative estimate of drug-likeness (QED) is 0.773. The van der Waals surface area contributed by atoms with Crippen molar-refractivity contribution >= 4 is 37.0 Å². The average Bonchev–Trinajstić information content (AvgIpc) is 2.13. The van der Waals surface area contributed by atoms with Gasteiger partial charge in [-0.05, 0) is 19.1 Å². The second kappa shape index (κ2) is 5.69. The molecule has 0 heterocycles. The van der Waals surface area contributed by atoms with Crippen LogP contribution in [0.25, 0.3) is 0 Å². The largest absolute Gasteiger partial charge is 0.603 e. The lowest BCUT2D eigenvalue weighted by molar-refractivity contribution is -0.171. The van der Waals surface area contributed by atoms with Gasteiger partial charge in [-0.15, -0.1) is 0 Å². The van der Waals surface area contributed by atoms with E-state index in [4.69, 9.17) is 27.7 Å². The third-order valence-electron chi connectivity index (χ3n) is 1.48. The zero-order valence-corrected chi connectivity index (χ0v) is 9.94.